The second-order valence-electron chi connectivity index (χ2n) is 6.18. The highest BCUT2D eigenvalue weighted by atomic mass is 32.2. The third-order valence-electron chi connectivity index (χ3n) is 4.37. The number of benzene rings is 2. The van der Waals surface area contributed by atoms with Crippen molar-refractivity contribution in [2.75, 3.05) is 12.9 Å². The highest BCUT2D eigenvalue weighted by Crippen LogP contribution is 2.20. The molecular weight excluding hydrogens is 374 g/mol. The minimum Gasteiger partial charge on any atom is -0.497 e. The lowest BCUT2D eigenvalue weighted by Crippen LogP contribution is -2.06. The van der Waals surface area contributed by atoms with Crippen LogP contribution in [0.15, 0.2) is 53.7 Å². The lowest BCUT2D eigenvalue weighted by atomic mass is 10.1. The van der Waals surface area contributed by atoms with Crippen molar-refractivity contribution in [3.05, 3.63) is 65.5 Å². The number of hydrogen-bond donors (Lipinski definition) is 0. The largest absolute Gasteiger partial charge is 0.497 e. The molecule has 28 heavy (non-hydrogen) atoms. The molecule has 3 aromatic rings. The van der Waals surface area contributed by atoms with Crippen LogP contribution in [-0.4, -0.2) is 33.4 Å². The lowest BCUT2D eigenvalue weighted by molar-refractivity contribution is 0.102. The first kappa shape index (κ1) is 19.9. The van der Waals surface area contributed by atoms with Crippen LogP contribution >= 0.6 is 11.8 Å². The summed E-state index contributed by atoms with van der Waals surface area (Å²) in [5.41, 5.74) is 1.94. The number of ketones is 1. The quantitative estimate of drug-likeness (QED) is 0.402. The van der Waals surface area contributed by atoms with Crippen LogP contribution in [0.25, 0.3) is 0 Å². The van der Waals surface area contributed by atoms with Gasteiger partial charge in [-0.3, -0.25) is 4.79 Å². The van der Waals surface area contributed by atoms with Crippen molar-refractivity contribution in [2.24, 2.45) is 7.05 Å². The molecule has 0 radical (unpaired) electrons. The first-order valence-corrected chi connectivity index (χ1v) is 9.99. The van der Waals surface area contributed by atoms with Crippen LogP contribution in [0.3, 0.4) is 0 Å². The topological polar surface area (TPSA) is 66.2 Å². The van der Waals surface area contributed by atoms with Crippen LogP contribution in [-0.2, 0) is 20.1 Å². The molecule has 3 rings (SSSR count). The van der Waals surface area contributed by atoms with Crippen molar-refractivity contribution in [3.63, 3.8) is 0 Å². The standard InChI is InChI=1S/C21H23N3O3S/c1-4-15-5-7-16(8-6-15)19(25)14-28-21-23-22-20(24(21)2)13-27-18-11-9-17(26-3)10-12-18/h5-12H,4,13-14H2,1-3H3. The van der Waals surface area contributed by atoms with E-state index in [2.05, 4.69) is 17.1 Å². The van der Waals surface area contributed by atoms with Gasteiger partial charge in [0.2, 0.25) is 0 Å². The molecule has 1 heterocycles. The molecule has 0 unspecified atom stereocenters. The van der Waals surface area contributed by atoms with Crippen LogP contribution in [0.2, 0.25) is 0 Å². The van der Waals surface area contributed by atoms with Crippen molar-refractivity contribution in [3.8, 4) is 11.5 Å². The van der Waals surface area contributed by atoms with Crippen LogP contribution in [0, 0.1) is 0 Å². The van der Waals surface area contributed by atoms with E-state index >= 15 is 0 Å². The van der Waals surface area contributed by atoms with Gasteiger partial charge >= 0.3 is 0 Å². The second-order valence-corrected chi connectivity index (χ2v) is 7.13. The van der Waals surface area contributed by atoms with Crippen LogP contribution in [0.4, 0.5) is 0 Å². The summed E-state index contributed by atoms with van der Waals surface area (Å²) in [7, 11) is 3.50. The van der Waals surface area contributed by atoms with Gasteiger partial charge in [0.25, 0.3) is 0 Å². The molecule has 1 aromatic heterocycles. The predicted molar refractivity (Wildman–Crippen MR) is 109 cm³/mol. The summed E-state index contributed by atoms with van der Waals surface area (Å²) in [5.74, 6) is 2.59. The molecule has 0 fully saturated rings. The zero-order valence-corrected chi connectivity index (χ0v) is 17.0. The Morgan fingerprint density at radius 1 is 1.04 bits per heavy atom. The van der Waals surface area contributed by atoms with Gasteiger partial charge in [0.15, 0.2) is 16.8 Å². The van der Waals surface area contributed by atoms with Gasteiger partial charge in [-0.05, 0) is 36.2 Å². The highest BCUT2D eigenvalue weighted by molar-refractivity contribution is 7.99. The average molecular weight is 398 g/mol. The molecule has 6 nitrogen and oxygen atoms in total. The third kappa shape index (κ3) is 4.92. The number of nitrogens with zero attached hydrogens (tertiary/aromatic N) is 3. The molecule has 0 atom stereocenters. The molecule has 0 saturated heterocycles. The van der Waals surface area contributed by atoms with Gasteiger partial charge < -0.3 is 14.0 Å². The summed E-state index contributed by atoms with van der Waals surface area (Å²) in [6, 6.07) is 15.1. The Labute approximate surface area is 168 Å². The Balaban J connectivity index is 1.55. The number of aryl methyl sites for hydroxylation is 1. The Morgan fingerprint density at radius 3 is 2.36 bits per heavy atom. The van der Waals surface area contributed by atoms with Crippen molar-refractivity contribution in [1.82, 2.24) is 14.8 Å². The Hall–Kier alpha value is -2.80. The fourth-order valence-electron chi connectivity index (χ4n) is 2.56. The summed E-state index contributed by atoms with van der Waals surface area (Å²) < 4.78 is 12.7. The van der Waals surface area contributed by atoms with Crippen molar-refractivity contribution < 1.29 is 14.3 Å². The zero-order chi connectivity index (χ0) is 19.9. The number of thioether (sulfide) groups is 1. The zero-order valence-electron chi connectivity index (χ0n) is 16.2. The monoisotopic (exact) mass is 397 g/mol. The van der Waals surface area contributed by atoms with E-state index in [1.807, 2.05) is 60.1 Å². The number of ether oxygens (including phenoxy) is 2. The van der Waals surface area contributed by atoms with Gasteiger partial charge in [-0.1, -0.05) is 43.0 Å². The van der Waals surface area contributed by atoms with Gasteiger partial charge in [-0.15, -0.1) is 10.2 Å². The molecule has 0 aliphatic carbocycles. The molecule has 7 heteroatoms. The second kappa shape index (κ2) is 9.41. The van der Waals surface area contributed by atoms with E-state index in [4.69, 9.17) is 9.47 Å². The summed E-state index contributed by atoms with van der Waals surface area (Å²) in [5, 5.41) is 9.03. The van der Waals surface area contributed by atoms with Crippen molar-refractivity contribution >= 4 is 17.5 Å². The van der Waals surface area contributed by atoms with Gasteiger partial charge in [0, 0.05) is 12.6 Å². The summed E-state index contributed by atoms with van der Waals surface area (Å²) >= 11 is 1.38. The van der Waals surface area contributed by atoms with E-state index in [9.17, 15) is 4.79 Å². The number of carbonyl (C=O) groups is 1. The molecule has 0 aliphatic heterocycles. The summed E-state index contributed by atoms with van der Waals surface area (Å²) in [4.78, 5) is 12.4. The van der Waals surface area contributed by atoms with E-state index in [1.54, 1.807) is 7.11 Å². The van der Waals surface area contributed by atoms with Crippen molar-refractivity contribution in [1.29, 1.82) is 0 Å². The summed E-state index contributed by atoms with van der Waals surface area (Å²) in [6.07, 6.45) is 0.962. The van der Waals surface area contributed by atoms with Gasteiger partial charge in [0.05, 0.1) is 12.9 Å². The lowest BCUT2D eigenvalue weighted by Gasteiger charge is -2.07. The SMILES string of the molecule is CCc1ccc(C(=O)CSc2nnc(COc3ccc(OC)cc3)n2C)cc1. The molecule has 0 bridgehead atoms. The highest BCUT2D eigenvalue weighted by Gasteiger charge is 2.13. The first-order valence-electron chi connectivity index (χ1n) is 9.00. The minimum absolute atomic E-state index is 0.0756. The molecule has 0 N–H and O–H groups in total. The fourth-order valence-corrected chi connectivity index (χ4v) is 3.38. The maximum Gasteiger partial charge on any atom is 0.191 e. The van der Waals surface area contributed by atoms with Gasteiger partial charge in [-0.2, -0.15) is 0 Å². The number of Topliss-reactive ketones (excluding diaryl/α,β-unsaturated/α-hetero) is 1. The molecule has 0 amide bonds. The van der Waals surface area contributed by atoms with Gasteiger partial charge in [-0.25, -0.2) is 0 Å². The smallest absolute Gasteiger partial charge is 0.191 e. The van der Waals surface area contributed by atoms with Crippen LogP contribution in [0.5, 0.6) is 11.5 Å². The number of methoxy groups -OCH3 is 1. The van der Waals surface area contributed by atoms with E-state index in [0.717, 1.165) is 23.5 Å². The Bertz CT molecular complexity index is 921. The first-order chi connectivity index (χ1) is 13.6. The van der Waals surface area contributed by atoms with E-state index < -0.39 is 0 Å². The third-order valence-corrected chi connectivity index (χ3v) is 5.39. The number of rotatable bonds is 9. The van der Waals surface area contributed by atoms with Crippen LogP contribution < -0.4 is 9.47 Å². The molecule has 0 saturated carbocycles. The Kier molecular flexibility index (Phi) is 6.71. The minimum atomic E-state index is 0.0756. The molecule has 0 spiro atoms. The van der Waals surface area contributed by atoms with Gasteiger partial charge in [0.1, 0.15) is 18.1 Å². The van der Waals surface area contributed by atoms with Crippen LogP contribution in [0.1, 0.15) is 28.7 Å². The number of hydrogen-bond acceptors (Lipinski definition) is 6. The fraction of sp³-hybridized carbons (Fsp3) is 0.286. The van der Waals surface area contributed by atoms with E-state index in [-0.39, 0.29) is 5.78 Å². The number of carbonyl (C=O) groups excluding carboxylic acids is 1. The number of aromatic nitrogens is 3. The summed E-state index contributed by atoms with van der Waals surface area (Å²) in [6.45, 7) is 2.39. The molecular formula is C21H23N3O3S. The van der Waals surface area contributed by atoms with E-state index in [1.165, 1.54) is 17.3 Å². The van der Waals surface area contributed by atoms with E-state index in [0.29, 0.717) is 23.3 Å². The average Bonchev–Trinajstić information content (AvgIpc) is 3.10. The predicted octanol–water partition coefficient (Wildman–Crippen LogP) is 3.94. The molecule has 146 valence electrons. The molecule has 0 aliphatic rings. The maximum absolute atomic E-state index is 12.4. The van der Waals surface area contributed by atoms with Crippen molar-refractivity contribution in [2.45, 2.75) is 25.1 Å². The normalized spacial score (nSPS) is 10.7. The molecule has 2 aromatic carbocycles. The Morgan fingerprint density at radius 2 is 1.71 bits per heavy atom. The maximum atomic E-state index is 12.4.